The van der Waals surface area contributed by atoms with E-state index in [1.807, 2.05) is 19.2 Å². The molecule has 12 heavy (non-hydrogen) atoms. The number of halogens is 1. The molecule has 0 unspecified atom stereocenters. The van der Waals surface area contributed by atoms with Gasteiger partial charge in [0.05, 0.1) is 5.56 Å². The second-order valence-corrected chi connectivity index (χ2v) is 2.63. The zero-order valence-corrected chi connectivity index (χ0v) is 8.66. The van der Waals surface area contributed by atoms with Crippen LogP contribution in [0.4, 0.5) is 5.69 Å². The molecule has 0 aromatic heterocycles. The van der Waals surface area contributed by atoms with Crippen molar-refractivity contribution in [3.05, 3.63) is 29.8 Å². The van der Waals surface area contributed by atoms with Crippen molar-refractivity contribution in [2.75, 3.05) is 12.4 Å². The molecule has 1 aromatic rings. The largest absolute Gasteiger partial charge is 0.391 e. The third-order valence-electron chi connectivity index (χ3n) is 1.48. The van der Waals surface area contributed by atoms with Crippen LogP contribution in [0.25, 0.3) is 0 Å². The van der Waals surface area contributed by atoms with Gasteiger partial charge >= 0.3 is 5.97 Å². The highest BCUT2D eigenvalue weighted by molar-refractivity contribution is 14.1. The first-order chi connectivity index (χ1) is 5.77. The summed E-state index contributed by atoms with van der Waals surface area (Å²) < 4.78 is 4.52. The summed E-state index contributed by atoms with van der Waals surface area (Å²) >= 11 is 1.57. The van der Waals surface area contributed by atoms with E-state index in [1.165, 1.54) is 0 Å². The Kier molecular flexibility index (Phi) is 3.33. The van der Waals surface area contributed by atoms with E-state index in [9.17, 15) is 4.79 Å². The second-order valence-electron chi connectivity index (χ2n) is 2.19. The predicted molar refractivity (Wildman–Crippen MR) is 55.4 cm³/mol. The molecule has 0 fully saturated rings. The molecule has 0 heterocycles. The lowest BCUT2D eigenvalue weighted by Gasteiger charge is -2.00. The first kappa shape index (κ1) is 9.31. The zero-order valence-electron chi connectivity index (χ0n) is 6.50. The number of benzene rings is 1. The Labute approximate surface area is 84.8 Å². The number of carbonyl (C=O) groups excluding carboxylic acids is 1. The van der Waals surface area contributed by atoms with Crippen LogP contribution in [0.2, 0.25) is 0 Å². The van der Waals surface area contributed by atoms with Gasteiger partial charge in [0.15, 0.2) is 23.0 Å². The molecule has 1 N–H and O–H groups in total. The van der Waals surface area contributed by atoms with Crippen molar-refractivity contribution in [2.24, 2.45) is 0 Å². The Morgan fingerprint density at radius 3 is 2.42 bits per heavy atom. The summed E-state index contributed by atoms with van der Waals surface area (Å²) in [6, 6.07) is 7.07. The minimum atomic E-state index is -0.321. The summed E-state index contributed by atoms with van der Waals surface area (Å²) in [5, 5.41) is 2.96. The van der Waals surface area contributed by atoms with Gasteiger partial charge in [-0.25, -0.2) is 4.79 Å². The fraction of sp³-hybridized carbons (Fsp3) is 0.125. The lowest BCUT2D eigenvalue weighted by atomic mass is 10.2. The molecule has 1 aromatic carbocycles. The number of hydrogen-bond acceptors (Lipinski definition) is 3. The van der Waals surface area contributed by atoms with Gasteiger partial charge in [0.1, 0.15) is 0 Å². The van der Waals surface area contributed by atoms with Crippen LogP contribution < -0.4 is 5.32 Å². The summed E-state index contributed by atoms with van der Waals surface area (Å²) in [4.78, 5) is 11.0. The summed E-state index contributed by atoms with van der Waals surface area (Å²) in [6.07, 6.45) is 0. The van der Waals surface area contributed by atoms with Gasteiger partial charge < -0.3 is 8.38 Å². The highest BCUT2D eigenvalue weighted by atomic mass is 127. The van der Waals surface area contributed by atoms with Gasteiger partial charge in [-0.3, -0.25) is 0 Å². The fourth-order valence-corrected chi connectivity index (χ4v) is 1.07. The van der Waals surface area contributed by atoms with Gasteiger partial charge in [-0.1, -0.05) is 0 Å². The van der Waals surface area contributed by atoms with Gasteiger partial charge in [0.25, 0.3) is 0 Å². The Balaban J connectivity index is 2.84. The molecule has 1 rings (SSSR count). The van der Waals surface area contributed by atoms with Crippen LogP contribution in [0.1, 0.15) is 10.4 Å². The van der Waals surface area contributed by atoms with E-state index in [0.29, 0.717) is 5.56 Å². The third kappa shape index (κ3) is 2.10. The molecule has 0 amide bonds. The van der Waals surface area contributed by atoms with Crippen molar-refractivity contribution in [1.29, 1.82) is 0 Å². The maximum absolute atomic E-state index is 11.0. The van der Waals surface area contributed by atoms with E-state index in [0.717, 1.165) is 5.69 Å². The molecular weight excluding hydrogens is 269 g/mol. The molecule has 0 radical (unpaired) electrons. The molecular formula is C8H8INO2. The van der Waals surface area contributed by atoms with Crippen LogP contribution in [0, 0.1) is 0 Å². The van der Waals surface area contributed by atoms with E-state index in [-0.39, 0.29) is 5.97 Å². The van der Waals surface area contributed by atoms with Gasteiger partial charge in [-0.15, -0.1) is 0 Å². The first-order valence-corrected chi connectivity index (χ1v) is 4.26. The molecule has 4 heteroatoms. The number of anilines is 1. The summed E-state index contributed by atoms with van der Waals surface area (Å²) in [7, 11) is 1.83. The highest BCUT2D eigenvalue weighted by Gasteiger charge is 2.03. The van der Waals surface area contributed by atoms with E-state index in [2.05, 4.69) is 8.38 Å². The van der Waals surface area contributed by atoms with Gasteiger partial charge in [-0.05, 0) is 24.3 Å². The van der Waals surface area contributed by atoms with Gasteiger partial charge in [0.2, 0.25) is 0 Å². The first-order valence-electron chi connectivity index (χ1n) is 3.38. The fourth-order valence-electron chi connectivity index (χ4n) is 0.818. The average molecular weight is 277 g/mol. The molecule has 0 bridgehead atoms. The molecule has 0 atom stereocenters. The monoisotopic (exact) mass is 277 g/mol. The van der Waals surface area contributed by atoms with Crippen molar-refractivity contribution in [1.82, 2.24) is 0 Å². The minimum Gasteiger partial charge on any atom is -0.391 e. The average Bonchev–Trinajstić information content (AvgIpc) is 2.17. The van der Waals surface area contributed by atoms with E-state index in [1.54, 1.807) is 35.1 Å². The van der Waals surface area contributed by atoms with E-state index < -0.39 is 0 Å². The SMILES string of the molecule is CNc1ccc(C(=O)OI)cc1. The molecule has 0 saturated carbocycles. The molecule has 0 aliphatic carbocycles. The summed E-state index contributed by atoms with van der Waals surface area (Å²) in [6.45, 7) is 0. The van der Waals surface area contributed by atoms with Crippen molar-refractivity contribution >= 4 is 34.7 Å². The summed E-state index contributed by atoms with van der Waals surface area (Å²) in [5.74, 6) is -0.321. The topological polar surface area (TPSA) is 38.3 Å². The van der Waals surface area contributed by atoms with Crippen LogP contribution in [-0.4, -0.2) is 13.0 Å². The van der Waals surface area contributed by atoms with Crippen LogP contribution in [0.15, 0.2) is 24.3 Å². The minimum absolute atomic E-state index is 0.321. The molecule has 0 aliphatic heterocycles. The molecule has 64 valence electrons. The smallest absolute Gasteiger partial charge is 0.347 e. The number of carbonyl (C=O) groups is 1. The molecule has 3 nitrogen and oxygen atoms in total. The Hall–Kier alpha value is -0.780. The molecule has 0 spiro atoms. The third-order valence-corrected chi connectivity index (χ3v) is 1.88. The quantitative estimate of drug-likeness (QED) is 0.842. The van der Waals surface area contributed by atoms with Crippen LogP contribution in [-0.2, 0) is 3.07 Å². The van der Waals surface area contributed by atoms with Crippen molar-refractivity contribution in [3.63, 3.8) is 0 Å². The number of nitrogens with one attached hydrogen (secondary N) is 1. The van der Waals surface area contributed by atoms with Crippen LogP contribution in [0.3, 0.4) is 0 Å². The second kappa shape index (κ2) is 4.30. The van der Waals surface area contributed by atoms with Crippen molar-refractivity contribution in [3.8, 4) is 0 Å². The Bertz CT molecular complexity index is 271. The van der Waals surface area contributed by atoms with Crippen LogP contribution in [0.5, 0.6) is 0 Å². The Morgan fingerprint density at radius 2 is 2.00 bits per heavy atom. The number of hydrogen-bond donors (Lipinski definition) is 1. The van der Waals surface area contributed by atoms with E-state index in [4.69, 9.17) is 0 Å². The van der Waals surface area contributed by atoms with Crippen molar-refractivity contribution < 1.29 is 7.86 Å². The Morgan fingerprint density at radius 1 is 1.42 bits per heavy atom. The van der Waals surface area contributed by atoms with Gasteiger partial charge in [0, 0.05) is 12.7 Å². The molecule has 0 saturated heterocycles. The number of rotatable bonds is 2. The summed E-state index contributed by atoms with van der Waals surface area (Å²) in [5.41, 5.74) is 1.53. The maximum Gasteiger partial charge on any atom is 0.347 e. The van der Waals surface area contributed by atoms with Crippen LogP contribution >= 0.6 is 23.0 Å². The lowest BCUT2D eigenvalue weighted by Crippen LogP contribution is -1.97. The predicted octanol–water partition coefficient (Wildman–Crippen LogP) is 2.24. The normalized spacial score (nSPS) is 9.17. The standard InChI is InChI=1S/C8H8INO2/c1-10-7-4-2-6(3-5-7)8(11)12-9/h2-5,10H,1H3. The van der Waals surface area contributed by atoms with E-state index >= 15 is 0 Å². The lowest BCUT2D eigenvalue weighted by molar-refractivity contribution is 0.0800. The van der Waals surface area contributed by atoms with Gasteiger partial charge in [-0.2, -0.15) is 0 Å². The maximum atomic E-state index is 11.0. The van der Waals surface area contributed by atoms with Crippen molar-refractivity contribution in [2.45, 2.75) is 0 Å². The zero-order chi connectivity index (χ0) is 8.97. The highest BCUT2D eigenvalue weighted by Crippen LogP contribution is 2.10. The molecule has 0 aliphatic rings.